The Labute approximate surface area is 217 Å². The molecule has 0 aliphatic carbocycles. The molecule has 0 saturated carbocycles. The maximum Gasteiger partial charge on any atom is 0.481 e. The van der Waals surface area contributed by atoms with E-state index in [1.165, 1.54) is 10.9 Å². The van der Waals surface area contributed by atoms with Crippen molar-refractivity contribution in [2.75, 3.05) is 18.9 Å². The molecule has 0 bridgehead atoms. The van der Waals surface area contributed by atoms with Crippen LogP contribution in [-0.4, -0.2) is 122 Å². The molecule has 2 aromatic heterocycles. The van der Waals surface area contributed by atoms with Crippen molar-refractivity contribution in [1.29, 1.82) is 0 Å². The van der Waals surface area contributed by atoms with Crippen molar-refractivity contribution in [3.05, 3.63) is 12.7 Å². The Kier molecular flexibility index (Phi) is 8.83. The number of fused-ring (bicyclic) bond motifs is 1. The minimum atomic E-state index is -5.36. The van der Waals surface area contributed by atoms with Crippen molar-refractivity contribution < 1.29 is 67.8 Å². The van der Waals surface area contributed by atoms with Gasteiger partial charge in [-0.1, -0.05) is 0 Å². The first kappa shape index (κ1) is 29.7. The third kappa shape index (κ3) is 6.06. The number of rotatable bonds is 9. The Hall–Kier alpha value is -1.29. The van der Waals surface area contributed by atoms with Crippen LogP contribution < -0.4 is 5.73 Å². The van der Waals surface area contributed by atoms with Crippen LogP contribution in [0.5, 0.6) is 0 Å². The fourth-order valence-corrected chi connectivity index (χ4v) is 6.88. The first-order chi connectivity index (χ1) is 17.7. The van der Waals surface area contributed by atoms with E-state index in [1.807, 2.05) is 0 Å². The quantitative estimate of drug-likeness (QED) is 0.124. The molecule has 2 aromatic rings. The van der Waals surface area contributed by atoms with E-state index in [1.54, 1.807) is 0 Å². The van der Waals surface area contributed by atoms with Gasteiger partial charge in [0.1, 0.15) is 54.6 Å². The smallest absolute Gasteiger partial charge is 0.394 e. The van der Waals surface area contributed by atoms with E-state index in [-0.39, 0.29) is 17.0 Å². The molecule has 10 N–H and O–H groups in total. The summed E-state index contributed by atoms with van der Waals surface area (Å²) >= 11 is 4.70. The van der Waals surface area contributed by atoms with Crippen LogP contribution in [0.3, 0.4) is 0 Å². The minimum absolute atomic E-state index is 0.0687. The lowest BCUT2D eigenvalue weighted by molar-refractivity contribution is -0.280. The highest BCUT2D eigenvalue weighted by atomic mass is 32.5. The molecule has 19 nitrogen and oxygen atoms in total. The second-order valence-corrected chi connectivity index (χ2v) is 12.6. The van der Waals surface area contributed by atoms with E-state index in [9.17, 15) is 45.0 Å². The molecule has 38 heavy (non-hydrogen) atoms. The van der Waals surface area contributed by atoms with Crippen molar-refractivity contribution in [2.45, 2.75) is 55.2 Å². The van der Waals surface area contributed by atoms with Gasteiger partial charge in [-0.2, -0.15) is 0 Å². The van der Waals surface area contributed by atoms with Crippen LogP contribution in [0.25, 0.3) is 11.2 Å². The predicted octanol–water partition coefficient (Wildman–Crippen LogP) is -3.81. The number of aliphatic hydroxyl groups is 6. The largest absolute Gasteiger partial charge is 0.481 e. The second kappa shape index (κ2) is 11.3. The number of hydrogen-bond acceptors (Lipinski definition) is 17. The molecule has 0 radical (unpaired) electrons. The molecule has 0 amide bonds. The van der Waals surface area contributed by atoms with Crippen molar-refractivity contribution in [3.63, 3.8) is 0 Å². The molecule has 0 aromatic carbocycles. The lowest BCUT2D eigenvalue weighted by Gasteiger charge is -2.39. The number of ether oxygens (including phenoxy) is 2. The van der Waals surface area contributed by atoms with Gasteiger partial charge in [0.05, 0.1) is 19.5 Å². The van der Waals surface area contributed by atoms with Crippen molar-refractivity contribution in [3.8, 4) is 0 Å². The van der Waals surface area contributed by atoms with Gasteiger partial charge in [0.2, 0.25) is 0 Å². The summed E-state index contributed by atoms with van der Waals surface area (Å²) in [7, 11) is -5.36. The lowest BCUT2D eigenvalue weighted by atomic mass is 10.00. The zero-order valence-corrected chi connectivity index (χ0v) is 21.6. The number of aliphatic hydroxyl groups excluding tert-OH is 6. The number of nitrogens with two attached hydrogens (primary N) is 1. The Morgan fingerprint density at radius 3 is 2.37 bits per heavy atom. The monoisotopic (exact) mass is 605 g/mol. The van der Waals surface area contributed by atoms with Crippen LogP contribution in [-0.2, 0) is 39.2 Å². The van der Waals surface area contributed by atoms with Gasteiger partial charge >= 0.3 is 14.5 Å². The molecule has 2 fully saturated rings. The fourth-order valence-electron chi connectivity index (χ4n) is 3.78. The van der Waals surface area contributed by atoms with Crippen LogP contribution >= 0.6 is 14.5 Å². The molecule has 2 aliphatic heterocycles. The highest BCUT2D eigenvalue weighted by molar-refractivity contribution is 8.08. The van der Waals surface area contributed by atoms with Gasteiger partial charge in [-0.05, 0) is 11.8 Å². The van der Waals surface area contributed by atoms with Crippen LogP contribution in [0, 0.1) is 0 Å². The van der Waals surface area contributed by atoms with Crippen LogP contribution in [0.1, 0.15) is 6.23 Å². The molecule has 2 saturated heterocycles. The number of nitrogens with zero attached hydrogens (tertiary/aromatic N) is 4. The van der Waals surface area contributed by atoms with E-state index < -0.39 is 83.0 Å². The third-order valence-electron chi connectivity index (χ3n) is 5.69. The van der Waals surface area contributed by atoms with E-state index in [0.717, 1.165) is 6.33 Å². The Morgan fingerprint density at radius 2 is 1.68 bits per heavy atom. The van der Waals surface area contributed by atoms with Gasteiger partial charge in [0.25, 0.3) is 0 Å². The summed E-state index contributed by atoms with van der Waals surface area (Å²) < 4.78 is 38.3. The van der Waals surface area contributed by atoms with Gasteiger partial charge < -0.3 is 60.2 Å². The summed E-state index contributed by atoms with van der Waals surface area (Å²) in [5.41, 5.74) is 6.15. The lowest BCUT2D eigenvalue weighted by Crippen LogP contribution is -2.58. The summed E-state index contributed by atoms with van der Waals surface area (Å²) in [6.45, 7) is -6.18. The standard InChI is InChI=1S/C16H25N5O14P2S/c17-13-7-14(19-3-18-13)21(4-20-7)15-11(26)9(24)6(32-15)2-31-37(30,38)35-36(28,29)34-16-12(27)10(25)8(23)5(1-22)33-16/h3-6,8-12,15-16,22-27H,1-2H2,(H,28,29)(H,30,38)(H2,17,18,19)/t5?,6-,8-,9+,10?,11+,12?,15-,16+,37?/m1/s1. The van der Waals surface area contributed by atoms with Crippen LogP contribution in [0.15, 0.2) is 12.7 Å². The number of anilines is 1. The molecule has 5 unspecified atom stereocenters. The predicted molar refractivity (Wildman–Crippen MR) is 124 cm³/mol. The maximum atomic E-state index is 12.4. The first-order valence-electron chi connectivity index (χ1n) is 10.7. The molecular weight excluding hydrogens is 580 g/mol. The molecular formula is C16H25N5O14P2S. The summed E-state index contributed by atoms with van der Waals surface area (Å²) in [6.07, 6.45) is -12.5. The zero-order valence-electron chi connectivity index (χ0n) is 19.0. The van der Waals surface area contributed by atoms with Gasteiger partial charge in [-0.25, -0.2) is 23.8 Å². The van der Waals surface area contributed by atoms with Crippen molar-refractivity contribution in [2.24, 2.45) is 0 Å². The topological polar surface area (TPSA) is 295 Å². The van der Waals surface area contributed by atoms with Gasteiger partial charge in [-0.3, -0.25) is 9.09 Å². The maximum absolute atomic E-state index is 12.4. The highest BCUT2D eigenvalue weighted by Crippen LogP contribution is 2.61. The summed E-state index contributed by atoms with van der Waals surface area (Å²) in [4.78, 5) is 32.1. The molecule has 22 heteroatoms. The molecule has 214 valence electrons. The van der Waals surface area contributed by atoms with Crippen molar-refractivity contribution in [1.82, 2.24) is 19.5 Å². The highest BCUT2D eigenvalue weighted by Gasteiger charge is 2.49. The number of imidazole rings is 1. The van der Waals surface area contributed by atoms with E-state index in [2.05, 4.69) is 23.8 Å². The van der Waals surface area contributed by atoms with Gasteiger partial charge in [-0.15, -0.1) is 0 Å². The second-order valence-electron chi connectivity index (χ2n) is 8.25. The SMILES string of the molecule is Nc1ncnc2c1ncn2[C@@H]1O[C@H](COP(O)(=S)OP(=O)(O)O[C@@H]2OC(CO)[C@@H](O)C(O)C2O)[C@H](O)[C@@H]1O. The number of aromatic nitrogens is 4. The first-order valence-corrected chi connectivity index (χ1v) is 14.8. The van der Waals surface area contributed by atoms with Crippen LogP contribution in [0.4, 0.5) is 5.82 Å². The average molecular weight is 605 g/mol. The Morgan fingerprint density at radius 1 is 1.00 bits per heavy atom. The number of hydrogen-bond donors (Lipinski definition) is 9. The molecule has 0 spiro atoms. The Balaban J connectivity index is 1.38. The summed E-state index contributed by atoms with van der Waals surface area (Å²) in [5, 5.41) is 59.5. The van der Waals surface area contributed by atoms with E-state index in [4.69, 9.17) is 31.5 Å². The van der Waals surface area contributed by atoms with Gasteiger partial charge in [0.15, 0.2) is 24.0 Å². The zero-order chi connectivity index (χ0) is 28.0. The fraction of sp³-hybridized carbons (Fsp3) is 0.688. The normalized spacial score (nSPS) is 37.2. The summed E-state index contributed by atoms with van der Waals surface area (Å²) in [6, 6.07) is 0. The molecule has 11 atom stereocenters. The summed E-state index contributed by atoms with van der Waals surface area (Å²) in [5.74, 6) is 0.0687. The third-order valence-corrected chi connectivity index (χ3v) is 9.21. The van der Waals surface area contributed by atoms with E-state index >= 15 is 0 Å². The molecule has 4 heterocycles. The Bertz CT molecular complexity index is 1240. The molecule has 4 rings (SSSR count). The van der Waals surface area contributed by atoms with Crippen molar-refractivity contribution >= 4 is 43.3 Å². The van der Waals surface area contributed by atoms with E-state index in [0.29, 0.717) is 0 Å². The number of nitrogen functional groups attached to an aromatic ring is 1. The van der Waals surface area contributed by atoms with Crippen LogP contribution in [0.2, 0.25) is 0 Å². The number of phosphoric ester groups is 1. The average Bonchev–Trinajstić information content (AvgIpc) is 3.39. The minimum Gasteiger partial charge on any atom is -0.394 e. The number of phosphoric acid groups is 1. The van der Waals surface area contributed by atoms with Gasteiger partial charge in [0, 0.05) is 0 Å². The molecule has 2 aliphatic rings.